The Morgan fingerprint density at radius 1 is 1.00 bits per heavy atom. The molecule has 0 bridgehead atoms. The zero-order valence-electron chi connectivity index (χ0n) is 20.1. The molecule has 1 aliphatic heterocycles. The topological polar surface area (TPSA) is 162 Å². The van der Waals surface area contributed by atoms with Gasteiger partial charge in [-0.3, -0.25) is 19.2 Å². The molecule has 10 nitrogen and oxygen atoms in total. The van der Waals surface area contributed by atoms with Crippen LogP contribution in [0.25, 0.3) is 0 Å². The molecular weight excluding hydrogens is 464 g/mol. The van der Waals surface area contributed by atoms with Crippen molar-refractivity contribution in [2.45, 2.75) is 56.8 Å². The number of carboxylic acids is 1. The van der Waals surface area contributed by atoms with Crippen LogP contribution in [0.4, 0.5) is 0 Å². The maximum atomic E-state index is 13.2. The van der Waals surface area contributed by atoms with Crippen molar-refractivity contribution in [3.05, 3.63) is 65.7 Å². The van der Waals surface area contributed by atoms with Gasteiger partial charge in [-0.15, -0.1) is 0 Å². The summed E-state index contributed by atoms with van der Waals surface area (Å²) in [4.78, 5) is 51.8. The van der Waals surface area contributed by atoms with Crippen molar-refractivity contribution in [1.82, 2.24) is 15.5 Å². The van der Waals surface area contributed by atoms with Crippen LogP contribution in [0.15, 0.2) is 54.6 Å². The van der Waals surface area contributed by atoms with Gasteiger partial charge in [0.15, 0.2) is 0 Å². The normalized spacial score (nSPS) is 17.6. The first kappa shape index (κ1) is 26.7. The lowest BCUT2D eigenvalue weighted by molar-refractivity contribution is -0.142. The minimum absolute atomic E-state index is 0.113. The van der Waals surface area contributed by atoms with Crippen molar-refractivity contribution in [2.75, 3.05) is 6.54 Å². The van der Waals surface area contributed by atoms with E-state index in [0.717, 1.165) is 11.1 Å². The zero-order valence-corrected chi connectivity index (χ0v) is 20.1. The molecule has 1 fully saturated rings. The van der Waals surface area contributed by atoms with Gasteiger partial charge in [0, 0.05) is 13.0 Å². The Kier molecular flexibility index (Phi) is 9.02. The standard InChI is InChI=1S/C26H32N4O6/c1-16(26(35)36)28-23(32)21(15-17-6-3-2-4-7-17)29-24(33)22-8-5-13-30(22)25(34)20(27)14-18-9-11-19(31)12-10-18/h2-4,6-7,9-12,16,20-22,31H,5,8,13-15,27H2,1H3,(H,28,32)(H,29,33)(H,35,36). The molecule has 3 rings (SSSR count). The quantitative estimate of drug-likeness (QED) is 0.321. The molecule has 3 amide bonds. The van der Waals surface area contributed by atoms with Crippen molar-refractivity contribution in [3.63, 3.8) is 0 Å². The fourth-order valence-corrected chi connectivity index (χ4v) is 4.19. The van der Waals surface area contributed by atoms with Crippen LogP contribution in [0.5, 0.6) is 5.75 Å². The van der Waals surface area contributed by atoms with Crippen LogP contribution in [0, 0.1) is 0 Å². The number of carboxylic acid groups (broad SMARTS) is 1. The van der Waals surface area contributed by atoms with Crippen molar-refractivity contribution in [2.24, 2.45) is 5.73 Å². The molecule has 0 saturated carbocycles. The van der Waals surface area contributed by atoms with E-state index in [0.29, 0.717) is 19.4 Å². The number of hydrogen-bond acceptors (Lipinski definition) is 6. The number of likely N-dealkylation sites (tertiary alicyclic amines) is 1. The van der Waals surface area contributed by atoms with Crippen LogP contribution in [0.2, 0.25) is 0 Å². The van der Waals surface area contributed by atoms with E-state index in [1.165, 1.54) is 24.0 Å². The molecule has 0 aromatic heterocycles. The van der Waals surface area contributed by atoms with Gasteiger partial charge in [-0.1, -0.05) is 42.5 Å². The second kappa shape index (κ2) is 12.2. The van der Waals surface area contributed by atoms with E-state index in [1.807, 2.05) is 6.07 Å². The molecule has 2 aromatic carbocycles. The summed E-state index contributed by atoms with van der Waals surface area (Å²) in [5.41, 5.74) is 7.73. The van der Waals surface area contributed by atoms with Crippen LogP contribution in [0.3, 0.4) is 0 Å². The molecule has 6 N–H and O–H groups in total. The van der Waals surface area contributed by atoms with E-state index in [1.54, 1.807) is 36.4 Å². The smallest absolute Gasteiger partial charge is 0.325 e. The number of phenolic OH excluding ortho intramolecular Hbond substituents is 1. The molecule has 10 heteroatoms. The molecule has 36 heavy (non-hydrogen) atoms. The van der Waals surface area contributed by atoms with Gasteiger partial charge in [-0.25, -0.2) is 0 Å². The van der Waals surface area contributed by atoms with Crippen LogP contribution < -0.4 is 16.4 Å². The lowest BCUT2D eigenvalue weighted by atomic mass is 10.0. The number of hydrogen-bond donors (Lipinski definition) is 5. The molecule has 0 radical (unpaired) electrons. The van der Waals surface area contributed by atoms with Gasteiger partial charge in [0.1, 0.15) is 23.9 Å². The molecule has 1 heterocycles. The van der Waals surface area contributed by atoms with Crippen LogP contribution in [-0.4, -0.2) is 69.5 Å². The van der Waals surface area contributed by atoms with Crippen molar-refractivity contribution < 1.29 is 29.4 Å². The Hall–Kier alpha value is -3.92. The molecule has 4 unspecified atom stereocenters. The second-order valence-corrected chi connectivity index (χ2v) is 8.99. The first-order valence-electron chi connectivity index (χ1n) is 11.9. The number of aliphatic carboxylic acids is 1. The van der Waals surface area contributed by atoms with E-state index in [-0.39, 0.29) is 24.5 Å². The predicted molar refractivity (Wildman–Crippen MR) is 132 cm³/mol. The summed E-state index contributed by atoms with van der Waals surface area (Å²) >= 11 is 0. The average molecular weight is 497 g/mol. The van der Waals surface area contributed by atoms with Gasteiger partial charge in [-0.2, -0.15) is 0 Å². The minimum atomic E-state index is -1.19. The highest BCUT2D eigenvalue weighted by Gasteiger charge is 2.37. The molecule has 2 aromatic rings. The highest BCUT2D eigenvalue weighted by molar-refractivity contribution is 5.94. The van der Waals surface area contributed by atoms with Crippen LogP contribution in [-0.2, 0) is 32.0 Å². The number of aromatic hydroxyl groups is 1. The van der Waals surface area contributed by atoms with E-state index in [2.05, 4.69) is 10.6 Å². The maximum Gasteiger partial charge on any atom is 0.325 e. The average Bonchev–Trinajstić information content (AvgIpc) is 3.35. The van der Waals surface area contributed by atoms with Gasteiger partial charge in [0.05, 0.1) is 6.04 Å². The van der Waals surface area contributed by atoms with Crippen LogP contribution >= 0.6 is 0 Å². The Labute approximate surface area is 209 Å². The number of nitrogens with one attached hydrogen (secondary N) is 2. The van der Waals surface area contributed by atoms with E-state index in [4.69, 9.17) is 10.8 Å². The van der Waals surface area contributed by atoms with E-state index >= 15 is 0 Å². The number of carbonyl (C=O) groups is 4. The highest BCUT2D eigenvalue weighted by Crippen LogP contribution is 2.20. The fourth-order valence-electron chi connectivity index (χ4n) is 4.19. The van der Waals surface area contributed by atoms with Gasteiger partial charge >= 0.3 is 5.97 Å². The largest absolute Gasteiger partial charge is 0.508 e. The van der Waals surface area contributed by atoms with E-state index in [9.17, 15) is 24.3 Å². The number of nitrogens with two attached hydrogens (primary N) is 1. The van der Waals surface area contributed by atoms with Crippen molar-refractivity contribution in [3.8, 4) is 5.75 Å². The van der Waals surface area contributed by atoms with Crippen LogP contribution in [0.1, 0.15) is 30.9 Å². The maximum absolute atomic E-state index is 13.2. The summed E-state index contributed by atoms with van der Waals surface area (Å²) in [6.07, 6.45) is 1.44. The number of amides is 3. The Morgan fingerprint density at radius 2 is 1.64 bits per heavy atom. The Balaban J connectivity index is 1.70. The Morgan fingerprint density at radius 3 is 2.28 bits per heavy atom. The summed E-state index contributed by atoms with van der Waals surface area (Å²) in [7, 11) is 0. The summed E-state index contributed by atoms with van der Waals surface area (Å²) in [5, 5.41) is 23.7. The molecule has 0 aliphatic carbocycles. The van der Waals surface area contributed by atoms with Gasteiger partial charge < -0.3 is 31.5 Å². The summed E-state index contributed by atoms with van der Waals surface area (Å²) in [6.45, 7) is 1.71. The lowest BCUT2D eigenvalue weighted by Gasteiger charge is -2.28. The second-order valence-electron chi connectivity index (χ2n) is 8.99. The summed E-state index contributed by atoms with van der Waals surface area (Å²) in [6, 6.07) is 11.6. The fraction of sp³-hybridized carbons (Fsp3) is 0.385. The van der Waals surface area contributed by atoms with Gasteiger partial charge in [0.25, 0.3) is 0 Å². The Bertz CT molecular complexity index is 1080. The zero-order chi connectivity index (χ0) is 26.2. The first-order valence-corrected chi connectivity index (χ1v) is 11.9. The molecule has 1 saturated heterocycles. The lowest BCUT2D eigenvalue weighted by Crippen LogP contribution is -2.57. The number of phenols is 1. The number of carbonyl (C=O) groups excluding carboxylic acids is 3. The molecule has 0 spiro atoms. The highest BCUT2D eigenvalue weighted by atomic mass is 16.4. The third-order valence-electron chi connectivity index (χ3n) is 6.19. The number of nitrogens with zero attached hydrogens (tertiary/aromatic N) is 1. The summed E-state index contributed by atoms with van der Waals surface area (Å²) in [5.74, 6) is -2.56. The number of benzene rings is 2. The molecular formula is C26H32N4O6. The summed E-state index contributed by atoms with van der Waals surface area (Å²) < 4.78 is 0. The third kappa shape index (κ3) is 7.05. The minimum Gasteiger partial charge on any atom is -0.508 e. The van der Waals surface area contributed by atoms with Gasteiger partial charge in [0.2, 0.25) is 17.7 Å². The van der Waals surface area contributed by atoms with Gasteiger partial charge in [-0.05, 0) is 49.4 Å². The number of rotatable bonds is 10. The first-order chi connectivity index (χ1) is 17.2. The monoisotopic (exact) mass is 496 g/mol. The van der Waals surface area contributed by atoms with Crippen molar-refractivity contribution >= 4 is 23.7 Å². The third-order valence-corrected chi connectivity index (χ3v) is 6.19. The SMILES string of the molecule is CC(NC(=O)C(Cc1ccccc1)NC(=O)C1CCCN1C(=O)C(N)Cc1ccc(O)cc1)C(=O)O. The molecule has 4 atom stereocenters. The predicted octanol–water partition coefficient (Wildman–Crippen LogP) is 0.570. The van der Waals surface area contributed by atoms with Crippen molar-refractivity contribution in [1.29, 1.82) is 0 Å². The van der Waals surface area contributed by atoms with E-state index < -0.39 is 42.0 Å². The molecule has 192 valence electrons. The molecule has 1 aliphatic rings.